The molecule has 0 aliphatic rings. The second-order valence-electron chi connectivity index (χ2n) is 6.04. The first-order chi connectivity index (χ1) is 9.43. The number of methoxy groups -OCH3 is 1. The van der Waals surface area contributed by atoms with Gasteiger partial charge in [-0.05, 0) is 53.1 Å². The van der Waals surface area contributed by atoms with E-state index in [1.807, 2.05) is 0 Å². The summed E-state index contributed by atoms with van der Waals surface area (Å²) in [7, 11) is 1.73. The summed E-state index contributed by atoms with van der Waals surface area (Å²) in [6, 6.07) is 6.53. The molecule has 1 rings (SSSR count). The van der Waals surface area contributed by atoms with Gasteiger partial charge in [-0.3, -0.25) is 0 Å². The Kier molecular flexibility index (Phi) is 6.42. The van der Waals surface area contributed by atoms with Crippen molar-refractivity contribution in [3.05, 3.63) is 29.3 Å². The number of ether oxygens (including phenoxy) is 1. The quantitative estimate of drug-likeness (QED) is 0.540. The normalized spacial score (nSPS) is 12.8. The average molecular weight is 291 g/mol. The van der Waals surface area contributed by atoms with Crippen LogP contribution in [0.2, 0.25) is 0 Å². The molecule has 110 valence electrons. The molecule has 0 N–H and O–H groups in total. The van der Waals surface area contributed by atoms with Gasteiger partial charge in [0.05, 0.1) is 7.11 Å². The second kappa shape index (κ2) is 7.59. The first-order valence-corrected chi connectivity index (χ1v) is 8.11. The summed E-state index contributed by atoms with van der Waals surface area (Å²) in [6.07, 6.45) is 2.15. The number of benzene rings is 1. The van der Waals surface area contributed by atoms with Crippen LogP contribution in [0.4, 0.5) is 0 Å². The minimum absolute atomic E-state index is 0.0705. The Labute approximate surface area is 127 Å². The molecule has 0 heterocycles. The number of nitrogens with zero attached hydrogens (tertiary/aromatic N) is 1. The van der Waals surface area contributed by atoms with E-state index in [0.29, 0.717) is 5.92 Å². The molecule has 3 heteroatoms. The van der Waals surface area contributed by atoms with E-state index in [-0.39, 0.29) is 5.41 Å². The van der Waals surface area contributed by atoms with Gasteiger partial charge >= 0.3 is 0 Å². The Morgan fingerprint density at radius 3 is 2.55 bits per heavy atom. The molecule has 1 aromatic rings. The number of rotatable bonds is 6. The van der Waals surface area contributed by atoms with Crippen molar-refractivity contribution in [3.63, 3.8) is 0 Å². The molecule has 0 spiro atoms. The molecule has 1 aromatic carbocycles. The third-order valence-electron chi connectivity index (χ3n) is 3.63. The molecule has 0 aliphatic heterocycles. The van der Waals surface area contributed by atoms with Gasteiger partial charge < -0.3 is 4.74 Å². The highest BCUT2D eigenvalue weighted by molar-refractivity contribution is 8.03. The molecule has 0 amide bonds. The van der Waals surface area contributed by atoms with Crippen molar-refractivity contribution in [1.29, 1.82) is 5.26 Å². The van der Waals surface area contributed by atoms with Crippen molar-refractivity contribution in [3.8, 4) is 11.2 Å². The van der Waals surface area contributed by atoms with Crippen LogP contribution in [0.25, 0.3) is 0 Å². The van der Waals surface area contributed by atoms with Gasteiger partial charge in [-0.2, -0.15) is 5.26 Å². The van der Waals surface area contributed by atoms with Crippen molar-refractivity contribution in [2.75, 3.05) is 12.9 Å². The van der Waals surface area contributed by atoms with E-state index in [1.54, 1.807) is 7.11 Å². The highest BCUT2D eigenvalue weighted by Crippen LogP contribution is 2.35. The Hall–Kier alpha value is -1.14. The first kappa shape index (κ1) is 16.9. The lowest BCUT2D eigenvalue weighted by atomic mass is 9.83. The summed E-state index contributed by atoms with van der Waals surface area (Å²) in [5.74, 6) is 2.37. The van der Waals surface area contributed by atoms with Crippen LogP contribution in [0.1, 0.15) is 57.6 Å². The first-order valence-electron chi connectivity index (χ1n) is 7.13. The average Bonchev–Trinajstić information content (AvgIpc) is 2.42. The monoisotopic (exact) mass is 291 g/mol. The van der Waals surface area contributed by atoms with E-state index in [9.17, 15) is 0 Å². The number of nitriles is 1. The Balaban J connectivity index is 3.03. The second-order valence-corrected chi connectivity index (χ2v) is 6.92. The van der Waals surface area contributed by atoms with Crippen molar-refractivity contribution in [1.82, 2.24) is 0 Å². The zero-order valence-corrected chi connectivity index (χ0v) is 14.0. The van der Waals surface area contributed by atoms with Gasteiger partial charge in [-0.1, -0.05) is 39.8 Å². The minimum atomic E-state index is 0.0705. The minimum Gasteiger partial charge on any atom is -0.496 e. The topological polar surface area (TPSA) is 33.0 Å². The predicted octanol–water partition coefficient (Wildman–Crippen LogP) is 5.09. The van der Waals surface area contributed by atoms with E-state index in [1.165, 1.54) is 22.9 Å². The standard InChI is InChI=1S/C17H25NOS/c1-6-13(9-10-20-12-18)14-7-8-16(19-5)15(11-14)17(2,3)4/h7-8,11,13H,6,9-10H2,1-5H3. The maximum absolute atomic E-state index is 8.64. The molecule has 2 nitrogen and oxygen atoms in total. The van der Waals surface area contributed by atoms with Gasteiger partial charge in [0, 0.05) is 5.75 Å². The molecule has 0 saturated heterocycles. The fourth-order valence-electron chi connectivity index (χ4n) is 2.42. The van der Waals surface area contributed by atoms with Crippen LogP contribution in [0.15, 0.2) is 18.2 Å². The van der Waals surface area contributed by atoms with Crippen molar-refractivity contribution in [2.24, 2.45) is 0 Å². The van der Waals surface area contributed by atoms with E-state index >= 15 is 0 Å². The molecule has 0 radical (unpaired) electrons. The molecule has 0 aliphatic carbocycles. The Morgan fingerprint density at radius 2 is 2.05 bits per heavy atom. The molecular weight excluding hydrogens is 266 g/mol. The van der Waals surface area contributed by atoms with Gasteiger partial charge in [0.2, 0.25) is 0 Å². The number of thiocyanates is 1. The highest BCUT2D eigenvalue weighted by atomic mass is 32.2. The molecule has 0 saturated carbocycles. The summed E-state index contributed by atoms with van der Waals surface area (Å²) in [5.41, 5.74) is 2.68. The van der Waals surface area contributed by atoms with Gasteiger partial charge in [0.1, 0.15) is 11.2 Å². The number of hydrogen-bond acceptors (Lipinski definition) is 3. The lowest BCUT2D eigenvalue weighted by Crippen LogP contribution is -2.14. The van der Waals surface area contributed by atoms with Crippen molar-refractivity contribution in [2.45, 2.75) is 51.9 Å². The third kappa shape index (κ3) is 4.45. The molecule has 20 heavy (non-hydrogen) atoms. The smallest absolute Gasteiger partial charge is 0.133 e. The van der Waals surface area contributed by atoms with E-state index in [4.69, 9.17) is 10.00 Å². The summed E-state index contributed by atoms with van der Waals surface area (Å²) >= 11 is 1.34. The Morgan fingerprint density at radius 1 is 1.35 bits per heavy atom. The van der Waals surface area contributed by atoms with E-state index < -0.39 is 0 Å². The van der Waals surface area contributed by atoms with Gasteiger partial charge in [-0.25, -0.2) is 0 Å². The number of hydrogen-bond donors (Lipinski definition) is 0. The van der Waals surface area contributed by atoms with Crippen LogP contribution >= 0.6 is 11.8 Å². The molecule has 1 atom stereocenters. The summed E-state index contributed by atoms with van der Waals surface area (Å²) in [5, 5.41) is 10.8. The van der Waals surface area contributed by atoms with Crippen LogP contribution in [-0.4, -0.2) is 12.9 Å². The lowest BCUT2D eigenvalue weighted by molar-refractivity contribution is 0.397. The van der Waals surface area contributed by atoms with Crippen molar-refractivity contribution >= 4 is 11.8 Å². The van der Waals surface area contributed by atoms with Crippen LogP contribution < -0.4 is 4.74 Å². The SMILES string of the molecule is CCC(CCSC#N)c1ccc(OC)c(C(C)(C)C)c1. The largest absolute Gasteiger partial charge is 0.496 e. The zero-order valence-electron chi connectivity index (χ0n) is 13.2. The zero-order chi connectivity index (χ0) is 15.2. The predicted molar refractivity (Wildman–Crippen MR) is 87.4 cm³/mol. The molecule has 1 unspecified atom stereocenters. The van der Waals surface area contributed by atoms with Crippen LogP contribution in [-0.2, 0) is 5.41 Å². The van der Waals surface area contributed by atoms with Crippen molar-refractivity contribution < 1.29 is 4.74 Å². The van der Waals surface area contributed by atoms with Crippen LogP contribution in [0.5, 0.6) is 5.75 Å². The fourth-order valence-corrected chi connectivity index (χ4v) is 2.91. The number of thioether (sulfide) groups is 1. The summed E-state index contributed by atoms with van der Waals surface area (Å²) in [4.78, 5) is 0. The molecular formula is C17H25NOS. The highest BCUT2D eigenvalue weighted by Gasteiger charge is 2.21. The van der Waals surface area contributed by atoms with E-state index in [0.717, 1.165) is 24.3 Å². The molecule has 0 fully saturated rings. The lowest BCUT2D eigenvalue weighted by Gasteiger charge is -2.25. The van der Waals surface area contributed by atoms with Gasteiger partial charge in [-0.15, -0.1) is 0 Å². The van der Waals surface area contributed by atoms with Crippen LogP contribution in [0, 0.1) is 10.7 Å². The maximum atomic E-state index is 8.64. The van der Waals surface area contributed by atoms with E-state index in [2.05, 4.69) is 51.3 Å². The molecule has 0 aromatic heterocycles. The maximum Gasteiger partial charge on any atom is 0.133 e. The van der Waals surface area contributed by atoms with Gasteiger partial charge in [0.15, 0.2) is 0 Å². The third-order valence-corrected chi connectivity index (χ3v) is 4.20. The Bertz CT molecular complexity index is 471. The van der Waals surface area contributed by atoms with Gasteiger partial charge in [0.25, 0.3) is 0 Å². The summed E-state index contributed by atoms with van der Waals surface area (Å²) in [6.45, 7) is 8.84. The summed E-state index contributed by atoms with van der Waals surface area (Å²) < 4.78 is 5.49. The van der Waals surface area contributed by atoms with Crippen LogP contribution in [0.3, 0.4) is 0 Å². The molecule has 0 bridgehead atoms. The fraction of sp³-hybridized carbons (Fsp3) is 0.588.